The Hall–Kier alpha value is -1.65. The number of imide groups is 1. The molecule has 30 heavy (non-hydrogen) atoms. The molecule has 1 unspecified atom stereocenters. The minimum absolute atomic E-state index is 0.0285. The number of sulfonamides is 1. The Labute approximate surface area is 183 Å². The zero-order valence-electron chi connectivity index (χ0n) is 18.3. The van der Waals surface area contributed by atoms with Crippen LogP contribution in [0.25, 0.3) is 0 Å². The lowest BCUT2D eigenvalue weighted by atomic mass is 9.96. The highest BCUT2D eigenvalue weighted by molar-refractivity contribution is 8.00. The van der Waals surface area contributed by atoms with Gasteiger partial charge in [-0.25, -0.2) is 18.2 Å². The van der Waals surface area contributed by atoms with Gasteiger partial charge in [-0.2, -0.15) is 4.31 Å². The maximum absolute atomic E-state index is 12.9. The molecule has 0 aliphatic heterocycles. The van der Waals surface area contributed by atoms with Gasteiger partial charge in [-0.15, -0.1) is 0 Å². The molecule has 0 spiro atoms. The zero-order valence-corrected chi connectivity index (χ0v) is 19.9. The normalized spacial score (nSPS) is 16.9. The number of carbonyl (C=O) groups is 2. The Kier molecular flexibility index (Phi) is 8.29. The molecule has 168 valence electrons. The Bertz CT molecular complexity index is 845. The van der Waals surface area contributed by atoms with Gasteiger partial charge in [0.25, 0.3) is 0 Å². The molecule has 0 saturated heterocycles. The fourth-order valence-electron chi connectivity index (χ4n) is 3.22. The molecule has 1 aromatic rings. The van der Waals surface area contributed by atoms with Crippen molar-refractivity contribution in [1.29, 1.82) is 0 Å². The molecule has 2 rings (SSSR count). The number of rotatable bonds is 6. The zero-order chi connectivity index (χ0) is 22.5. The van der Waals surface area contributed by atoms with Crippen LogP contribution in [-0.2, 0) is 14.8 Å². The molecule has 10 heteroatoms. The quantitative estimate of drug-likeness (QED) is 0.637. The molecular weight excluding hydrogens is 424 g/mol. The number of hydrogen-bond acceptors (Lipinski definition) is 6. The van der Waals surface area contributed by atoms with Crippen LogP contribution in [0.4, 0.5) is 4.79 Å². The van der Waals surface area contributed by atoms with Crippen LogP contribution in [0.2, 0.25) is 0 Å². The van der Waals surface area contributed by atoms with Gasteiger partial charge in [0, 0.05) is 24.8 Å². The first-order valence-electron chi connectivity index (χ1n) is 10.1. The molecule has 8 nitrogen and oxygen atoms in total. The number of amides is 3. The lowest BCUT2D eigenvalue weighted by Gasteiger charge is -2.30. The number of urea groups is 1. The van der Waals surface area contributed by atoms with Crippen molar-refractivity contribution < 1.29 is 18.0 Å². The third kappa shape index (κ3) is 6.95. The number of nitrogens with zero attached hydrogens (tertiary/aromatic N) is 2. The monoisotopic (exact) mass is 456 g/mol. The van der Waals surface area contributed by atoms with Crippen molar-refractivity contribution >= 4 is 33.7 Å². The van der Waals surface area contributed by atoms with E-state index in [4.69, 9.17) is 0 Å². The number of thioether (sulfide) groups is 1. The molecule has 0 radical (unpaired) electrons. The molecule has 1 aliphatic rings. The summed E-state index contributed by atoms with van der Waals surface area (Å²) in [5.41, 5.74) is -0.450. The summed E-state index contributed by atoms with van der Waals surface area (Å²) in [6, 6.07) is 2.58. The van der Waals surface area contributed by atoms with Crippen LogP contribution in [0.15, 0.2) is 28.3 Å². The Morgan fingerprint density at radius 1 is 1.20 bits per heavy atom. The van der Waals surface area contributed by atoms with E-state index in [1.807, 2.05) is 20.8 Å². The second-order valence-corrected chi connectivity index (χ2v) is 12.0. The number of hydrogen-bond donors (Lipinski definition) is 2. The van der Waals surface area contributed by atoms with Gasteiger partial charge in [0.05, 0.1) is 10.3 Å². The minimum atomic E-state index is -3.60. The topological polar surface area (TPSA) is 108 Å². The molecule has 1 aromatic heterocycles. The number of nitrogens with one attached hydrogen (secondary N) is 2. The summed E-state index contributed by atoms with van der Waals surface area (Å²) in [5, 5.41) is 4.90. The van der Waals surface area contributed by atoms with Gasteiger partial charge in [-0.05, 0) is 52.7 Å². The van der Waals surface area contributed by atoms with E-state index in [0.29, 0.717) is 5.03 Å². The van der Waals surface area contributed by atoms with E-state index < -0.39 is 32.8 Å². The first-order chi connectivity index (χ1) is 13.9. The summed E-state index contributed by atoms with van der Waals surface area (Å²) in [5.74, 6) is -0.447. The average molecular weight is 457 g/mol. The van der Waals surface area contributed by atoms with Crippen LogP contribution < -0.4 is 10.6 Å². The molecule has 2 N–H and O–H groups in total. The number of pyridine rings is 1. The third-order valence-corrected chi connectivity index (χ3v) is 7.81. The fourth-order valence-corrected chi connectivity index (χ4v) is 5.37. The molecule has 1 atom stereocenters. The third-order valence-electron chi connectivity index (χ3n) is 4.87. The van der Waals surface area contributed by atoms with E-state index in [-0.39, 0.29) is 10.9 Å². The van der Waals surface area contributed by atoms with Gasteiger partial charge >= 0.3 is 6.03 Å². The first kappa shape index (κ1) is 24.6. The molecule has 1 heterocycles. The van der Waals surface area contributed by atoms with Crippen molar-refractivity contribution in [3.05, 3.63) is 18.3 Å². The number of aromatic nitrogens is 1. The predicted octanol–water partition coefficient (Wildman–Crippen LogP) is 3.14. The lowest BCUT2D eigenvalue weighted by Crippen LogP contribution is -2.49. The van der Waals surface area contributed by atoms with Crippen LogP contribution in [0.3, 0.4) is 0 Å². The molecule has 0 aromatic carbocycles. The van der Waals surface area contributed by atoms with Crippen molar-refractivity contribution in [3.8, 4) is 0 Å². The SMILES string of the molecule is CC(Sc1ccc(S(=O)(=O)N(C)C2CCCCC2)cn1)C(=O)NC(=O)NC(C)(C)C. The van der Waals surface area contributed by atoms with Gasteiger partial charge < -0.3 is 5.32 Å². The standard InChI is InChI=1S/C20H32N4O4S2/c1-14(18(25)22-19(26)23-20(2,3)4)29-17-12-11-16(13-21-17)30(27,28)24(5)15-9-7-6-8-10-15/h11-15H,6-10H2,1-5H3,(H2,22,23,25,26). The Morgan fingerprint density at radius 2 is 1.83 bits per heavy atom. The van der Waals surface area contributed by atoms with Gasteiger partial charge in [-0.3, -0.25) is 10.1 Å². The van der Waals surface area contributed by atoms with E-state index in [1.54, 1.807) is 20.0 Å². The van der Waals surface area contributed by atoms with Crippen molar-refractivity contribution in [2.75, 3.05) is 7.05 Å². The lowest BCUT2D eigenvalue weighted by molar-refractivity contribution is -0.119. The molecule has 1 aliphatic carbocycles. The minimum Gasteiger partial charge on any atom is -0.333 e. The van der Waals surface area contributed by atoms with E-state index >= 15 is 0 Å². The highest BCUT2D eigenvalue weighted by Crippen LogP contribution is 2.27. The largest absolute Gasteiger partial charge is 0.333 e. The fraction of sp³-hybridized carbons (Fsp3) is 0.650. The summed E-state index contributed by atoms with van der Waals surface area (Å²) in [6.07, 6.45) is 6.34. The van der Waals surface area contributed by atoms with Crippen LogP contribution in [0.1, 0.15) is 59.8 Å². The van der Waals surface area contributed by atoms with Gasteiger partial charge in [0.2, 0.25) is 15.9 Å². The molecule has 1 fully saturated rings. The van der Waals surface area contributed by atoms with Crippen molar-refractivity contribution in [2.24, 2.45) is 0 Å². The summed E-state index contributed by atoms with van der Waals surface area (Å²) in [4.78, 5) is 28.4. The van der Waals surface area contributed by atoms with Gasteiger partial charge in [0.1, 0.15) is 4.90 Å². The van der Waals surface area contributed by atoms with Crippen molar-refractivity contribution in [2.45, 2.75) is 86.6 Å². The van der Waals surface area contributed by atoms with Crippen LogP contribution in [-0.4, -0.2) is 53.5 Å². The smallest absolute Gasteiger partial charge is 0.321 e. The van der Waals surface area contributed by atoms with Gasteiger partial charge in [0.15, 0.2) is 0 Å². The predicted molar refractivity (Wildman–Crippen MR) is 118 cm³/mol. The van der Waals surface area contributed by atoms with Crippen LogP contribution in [0.5, 0.6) is 0 Å². The first-order valence-corrected chi connectivity index (χ1v) is 12.5. The van der Waals surface area contributed by atoms with E-state index in [1.165, 1.54) is 16.6 Å². The second kappa shape index (κ2) is 10.1. The highest BCUT2D eigenvalue weighted by atomic mass is 32.2. The molecule has 3 amide bonds. The van der Waals surface area contributed by atoms with E-state index in [2.05, 4.69) is 15.6 Å². The van der Waals surface area contributed by atoms with Crippen molar-refractivity contribution in [3.63, 3.8) is 0 Å². The number of carbonyl (C=O) groups excluding carboxylic acids is 2. The summed E-state index contributed by atoms with van der Waals surface area (Å²) < 4.78 is 27.2. The van der Waals surface area contributed by atoms with Crippen molar-refractivity contribution in [1.82, 2.24) is 19.9 Å². The van der Waals surface area contributed by atoms with E-state index in [9.17, 15) is 18.0 Å². The highest BCUT2D eigenvalue weighted by Gasteiger charge is 2.29. The van der Waals surface area contributed by atoms with Crippen LogP contribution >= 0.6 is 11.8 Å². The average Bonchev–Trinajstić information content (AvgIpc) is 2.66. The molecule has 1 saturated carbocycles. The molecule has 0 bridgehead atoms. The van der Waals surface area contributed by atoms with Crippen LogP contribution in [0, 0.1) is 0 Å². The Balaban J connectivity index is 1.97. The maximum atomic E-state index is 12.9. The van der Waals surface area contributed by atoms with E-state index in [0.717, 1.165) is 43.9 Å². The Morgan fingerprint density at radius 3 is 2.37 bits per heavy atom. The van der Waals surface area contributed by atoms with Gasteiger partial charge in [-0.1, -0.05) is 31.0 Å². The summed E-state index contributed by atoms with van der Waals surface area (Å²) in [7, 11) is -1.98. The summed E-state index contributed by atoms with van der Waals surface area (Å²) >= 11 is 1.16. The molecular formula is C20H32N4O4S2. The second-order valence-electron chi connectivity index (χ2n) is 8.60. The summed E-state index contributed by atoms with van der Waals surface area (Å²) in [6.45, 7) is 7.12. The maximum Gasteiger partial charge on any atom is 0.321 e.